The van der Waals surface area contributed by atoms with Gasteiger partial charge >= 0.3 is 0 Å². The second-order valence-electron chi connectivity index (χ2n) is 5.33. The zero-order chi connectivity index (χ0) is 16.1. The summed E-state index contributed by atoms with van der Waals surface area (Å²) in [6, 6.07) is 7.96. The van der Waals surface area contributed by atoms with Crippen LogP contribution in [0.25, 0.3) is 27.2 Å². The molecule has 0 aliphatic carbocycles. The number of pyridine rings is 1. The maximum atomic E-state index is 12.8. The summed E-state index contributed by atoms with van der Waals surface area (Å²) in [6.45, 7) is 0.971. The van der Waals surface area contributed by atoms with Crippen molar-refractivity contribution in [3.8, 4) is 11.5 Å². The highest BCUT2D eigenvalue weighted by atomic mass is 16.3. The van der Waals surface area contributed by atoms with Crippen molar-refractivity contribution in [2.24, 2.45) is 5.73 Å². The van der Waals surface area contributed by atoms with Gasteiger partial charge in [-0.05, 0) is 24.3 Å². The molecule has 7 nitrogen and oxygen atoms in total. The molecule has 7 heteroatoms. The number of hydrogen-bond donors (Lipinski definition) is 4. The Morgan fingerprint density at radius 3 is 2.70 bits per heavy atom. The Kier molecular flexibility index (Phi) is 2.79. The van der Waals surface area contributed by atoms with Crippen LogP contribution in [-0.2, 0) is 0 Å². The van der Waals surface area contributed by atoms with Gasteiger partial charge in [-0.3, -0.25) is 4.79 Å². The van der Waals surface area contributed by atoms with E-state index in [1.54, 1.807) is 22.7 Å². The summed E-state index contributed by atoms with van der Waals surface area (Å²) in [7, 11) is 0. The Morgan fingerprint density at radius 1 is 1.13 bits per heavy atom. The molecule has 4 rings (SSSR count). The van der Waals surface area contributed by atoms with Crippen molar-refractivity contribution in [2.45, 2.75) is 0 Å². The van der Waals surface area contributed by atoms with Crippen LogP contribution in [0.15, 0.2) is 35.1 Å². The maximum absolute atomic E-state index is 12.8. The van der Waals surface area contributed by atoms with Crippen molar-refractivity contribution in [3.63, 3.8) is 0 Å². The molecule has 0 spiro atoms. The monoisotopic (exact) mass is 310 g/mol. The molecule has 0 aliphatic rings. The van der Waals surface area contributed by atoms with Crippen LogP contribution in [-0.4, -0.2) is 32.9 Å². The number of benzene rings is 2. The van der Waals surface area contributed by atoms with Crippen LogP contribution in [0.5, 0.6) is 11.5 Å². The predicted molar refractivity (Wildman–Crippen MR) is 88.5 cm³/mol. The minimum atomic E-state index is -0.418. The molecule has 0 saturated heterocycles. The number of nitrogens with zero attached hydrogens (tertiary/aromatic N) is 2. The van der Waals surface area contributed by atoms with Crippen LogP contribution in [0.3, 0.4) is 0 Å². The third-order valence-corrected chi connectivity index (χ3v) is 3.96. The standard InChI is InChI=1S/C16H14N4O3/c17-6-7-18-16-8-4-5-11(22)13-14(8)20(19-16)9-2-1-3-10(21)12(9)15(13)23/h1-5,21-22H,6-7,17H2,(H,18,19). The maximum Gasteiger partial charge on any atom is 0.204 e. The second kappa shape index (κ2) is 4.72. The van der Waals surface area contributed by atoms with E-state index in [9.17, 15) is 15.0 Å². The van der Waals surface area contributed by atoms with Crippen molar-refractivity contribution in [1.29, 1.82) is 0 Å². The molecule has 0 amide bonds. The Bertz CT molecular complexity index is 1100. The van der Waals surface area contributed by atoms with E-state index in [0.29, 0.717) is 35.3 Å². The molecule has 0 fully saturated rings. The first-order chi connectivity index (χ1) is 11.1. The zero-order valence-electron chi connectivity index (χ0n) is 12.1. The van der Waals surface area contributed by atoms with Gasteiger partial charge in [0.25, 0.3) is 0 Å². The highest BCUT2D eigenvalue weighted by Crippen LogP contribution is 2.34. The number of nitrogens with two attached hydrogens (primary N) is 1. The zero-order valence-corrected chi connectivity index (χ0v) is 12.1. The normalized spacial score (nSPS) is 11.7. The van der Waals surface area contributed by atoms with Crippen LogP contribution < -0.4 is 16.5 Å². The minimum absolute atomic E-state index is 0.135. The highest BCUT2D eigenvalue weighted by molar-refractivity contribution is 6.09. The molecule has 0 radical (unpaired) electrons. The lowest BCUT2D eigenvalue weighted by Crippen LogP contribution is -2.13. The van der Waals surface area contributed by atoms with Gasteiger partial charge in [0.05, 0.1) is 21.8 Å². The van der Waals surface area contributed by atoms with Crippen LogP contribution >= 0.6 is 0 Å². The molecule has 2 heterocycles. The average Bonchev–Trinajstić information content (AvgIpc) is 2.90. The molecule has 2 aromatic heterocycles. The summed E-state index contributed by atoms with van der Waals surface area (Å²) in [5.41, 5.74) is 6.11. The number of phenols is 2. The number of anilines is 1. The van der Waals surface area contributed by atoms with Crippen LogP contribution in [0.1, 0.15) is 0 Å². The summed E-state index contributed by atoms with van der Waals surface area (Å²) in [6.07, 6.45) is 0. The molecule has 116 valence electrons. The van der Waals surface area contributed by atoms with Crippen molar-refractivity contribution < 1.29 is 10.2 Å². The number of nitrogens with one attached hydrogen (secondary N) is 1. The van der Waals surface area contributed by atoms with Crippen molar-refractivity contribution >= 4 is 33.0 Å². The van der Waals surface area contributed by atoms with E-state index in [1.165, 1.54) is 12.1 Å². The molecule has 0 saturated carbocycles. The number of phenolic OH excluding ortho intramolecular Hbond substituents is 2. The first kappa shape index (κ1) is 13.6. The van der Waals surface area contributed by atoms with Gasteiger partial charge in [0.15, 0.2) is 5.82 Å². The summed E-state index contributed by atoms with van der Waals surface area (Å²) in [4.78, 5) is 12.8. The van der Waals surface area contributed by atoms with E-state index < -0.39 is 5.43 Å². The van der Waals surface area contributed by atoms with E-state index in [4.69, 9.17) is 5.73 Å². The quantitative estimate of drug-likeness (QED) is 0.423. The van der Waals surface area contributed by atoms with Crippen molar-refractivity contribution in [1.82, 2.24) is 9.61 Å². The second-order valence-corrected chi connectivity index (χ2v) is 5.33. The average molecular weight is 310 g/mol. The lowest BCUT2D eigenvalue weighted by atomic mass is 10.1. The van der Waals surface area contributed by atoms with Crippen LogP contribution in [0.2, 0.25) is 0 Å². The lowest BCUT2D eigenvalue weighted by Gasteiger charge is -2.06. The fourth-order valence-corrected chi connectivity index (χ4v) is 2.98. The molecule has 23 heavy (non-hydrogen) atoms. The molecule has 5 N–H and O–H groups in total. The Labute approximate surface area is 129 Å². The van der Waals surface area contributed by atoms with Gasteiger partial charge in [-0.1, -0.05) is 6.07 Å². The summed E-state index contributed by atoms with van der Waals surface area (Å²) < 4.78 is 1.57. The number of rotatable bonds is 3. The van der Waals surface area contributed by atoms with Crippen molar-refractivity contribution in [2.75, 3.05) is 18.4 Å². The first-order valence-corrected chi connectivity index (χ1v) is 7.19. The summed E-state index contributed by atoms with van der Waals surface area (Å²) in [5, 5.41) is 28.8. The molecule has 2 aromatic carbocycles. The van der Waals surface area contributed by atoms with E-state index in [1.807, 2.05) is 0 Å². The fourth-order valence-electron chi connectivity index (χ4n) is 2.98. The third-order valence-electron chi connectivity index (χ3n) is 3.96. The van der Waals surface area contributed by atoms with Gasteiger partial charge in [-0.25, -0.2) is 4.52 Å². The predicted octanol–water partition coefficient (Wildman–Crippen LogP) is 1.22. The van der Waals surface area contributed by atoms with E-state index in [0.717, 1.165) is 0 Å². The Balaban J connectivity index is 2.27. The molecule has 0 atom stereocenters. The van der Waals surface area contributed by atoms with E-state index in [-0.39, 0.29) is 22.3 Å². The van der Waals surface area contributed by atoms with Crippen molar-refractivity contribution in [3.05, 3.63) is 40.6 Å². The van der Waals surface area contributed by atoms with Gasteiger partial charge < -0.3 is 21.3 Å². The Hall–Kier alpha value is -3.06. The van der Waals surface area contributed by atoms with Gasteiger partial charge in [0.2, 0.25) is 5.43 Å². The van der Waals surface area contributed by atoms with E-state index in [2.05, 4.69) is 10.4 Å². The van der Waals surface area contributed by atoms with Gasteiger partial charge in [-0.15, -0.1) is 5.10 Å². The molecule has 0 aliphatic heterocycles. The highest BCUT2D eigenvalue weighted by Gasteiger charge is 2.20. The topological polar surface area (TPSA) is 113 Å². The number of aromatic hydroxyl groups is 2. The molecular weight excluding hydrogens is 296 g/mol. The van der Waals surface area contributed by atoms with Gasteiger partial charge in [-0.2, -0.15) is 0 Å². The summed E-state index contributed by atoms with van der Waals surface area (Å²) in [5.74, 6) is 0.306. The molecule has 0 bridgehead atoms. The molecule has 0 unspecified atom stereocenters. The van der Waals surface area contributed by atoms with Crippen LogP contribution in [0.4, 0.5) is 5.82 Å². The number of fused-ring (bicyclic) bond motifs is 2. The molecular formula is C16H14N4O3. The fraction of sp³-hybridized carbons (Fsp3) is 0.125. The minimum Gasteiger partial charge on any atom is -0.507 e. The molecule has 4 aromatic rings. The van der Waals surface area contributed by atoms with Gasteiger partial charge in [0.1, 0.15) is 11.5 Å². The number of hydrogen-bond acceptors (Lipinski definition) is 6. The smallest absolute Gasteiger partial charge is 0.204 e. The Morgan fingerprint density at radius 2 is 1.91 bits per heavy atom. The SMILES string of the molecule is NCCNc1nn2c3cccc(O)c3c(=O)c3c(O)ccc1c32. The van der Waals surface area contributed by atoms with E-state index >= 15 is 0 Å². The van der Waals surface area contributed by atoms with Crippen LogP contribution in [0, 0.1) is 0 Å². The van der Waals surface area contributed by atoms with Gasteiger partial charge in [0, 0.05) is 18.5 Å². The third kappa shape index (κ3) is 1.74. The first-order valence-electron chi connectivity index (χ1n) is 7.19. The summed E-state index contributed by atoms with van der Waals surface area (Å²) >= 11 is 0. The number of aromatic nitrogens is 2. The largest absolute Gasteiger partial charge is 0.507 e. The lowest BCUT2D eigenvalue weighted by molar-refractivity contribution is 0.480.